The second-order valence-corrected chi connectivity index (χ2v) is 6.87. The maximum atomic E-state index is 12.0. The van der Waals surface area contributed by atoms with Gasteiger partial charge in [0, 0.05) is 24.3 Å². The van der Waals surface area contributed by atoms with Gasteiger partial charge in [-0.25, -0.2) is 0 Å². The number of rotatable bonds is 6. The highest BCUT2D eigenvalue weighted by Crippen LogP contribution is 2.24. The average molecular weight is 307 g/mol. The summed E-state index contributed by atoms with van der Waals surface area (Å²) in [5, 5.41) is 12.5. The SMILES string of the molecule is Cc1ccc(CSCC(=O)NC2CCCCC2CO)cc1. The van der Waals surface area contributed by atoms with Crippen LogP contribution >= 0.6 is 11.8 Å². The number of benzene rings is 1. The number of hydrogen-bond donors (Lipinski definition) is 2. The van der Waals surface area contributed by atoms with Crippen LogP contribution in [0.2, 0.25) is 0 Å². The first-order valence-corrected chi connectivity index (χ1v) is 8.88. The number of nitrogens with one attached hydrogen (secondary N) is 1. The summed E-state index contributed by atoms with van der Waals surface area (Å²) in [4.78, 5) is 12.0. The topological polar surface area (TPSA) is 49.3 Å². The number of carbonyl (C=O) groups excluding carboxylic acids is 1. The second kappa shape index (κ2) is 8.44. The lowest BCUT2D eigenvalue weighted by Crippen LogP contribution is -2.44. The average Bonchev–Trinajstić information content (AvgIpc) is 2.50. The van der Waals surface area contributed by atoms with E-state index in [9.17, 15) is 9.90 Å². The number of aliphatic hydroxyl groups excluding tert-OH is 1. The Morgan fingerprint density at radius 1 is 1.29 bits per heavy atom. The van der Waals surface area contributed by atoms with Crippen LogP contribution in [0.3, 0.4) is 0 Å². The van der Waals surface area contributed by atoms with E-state index in [1.165, 1.54) is 17.5 Å². The zero-order valence-corrected chi connectivity index (χ0v) is 13.5. The van der Waals surface area contributed by atoms with Crippen LogP contribution in [0.15, 0.2) is 24.3 Å². The number of hydrogen-bond acceptors (Lipinski definition) is 3. The largest absolute Gasteiger partial charge is 0.396 e. The van der Waals surface area contributed by atoms with Gasteiger partial charge in [-0.15, -0.1) is 11.8 Å². The van der Waals surface area contributed by atoms with Crippen molar-refractivity contribution in [1.82, 2.24) is 5.32 Å². The maximum absolute atomic E-state index is 12.0. The Kier molecular flexibility index (Phi) is 6.58. The van der Waals surface area contributed by atoms with Gasteiger partial charge < -0.3 is 10.4 Å². The van der Waals surface area contributed by atoms with Crippen LogP contribution in [0, 0.1) is 12.8 Å². The molecule has 2 rings (SSSR count). The molecule has 1 aliphatic carbocycles. The molecule has 2 N–H and O–H groups in total. The lowest BCUT2D eigenvalue weighted by molar-refractivity contribution is -0.120. The third-order valence-electron chi connectivity index (χ3n) is 4.11. The molecule has 0 saturated heterocycles. The normalized spacial score (nSPS) is 22.0. The Hall–Kier alpha value is -1.00. The fourth-order valence-corrected chi connectivity index (χ4v) is 3.61. The van der Waals surface area contributed by atoms with E-state index in [2.05, 4.69) is 36.5 Å². The summed E-state index contributed by atoms with van der Waals surface area (Å²) in [5.74, 6) is 1.69. The third kappa shape index (κ3) is 5.36. The standard InChI is InChI=1S/C17H25NO2S/c1-13-6-8-14(9-7-13)11-21-12-17(20)18-16-5-3-2-4-15(16)10-19/h6-9,15-16,19H,2-5,10-12H2,1H3,(H,18,20). The molecule has 2 atom stereocenters. The summed E-state index contributed by atoms with van der Waals surface area (Å²) in [7, 11) is 0. The van der Waals surface area contributed by atoms with E-state index in [-0.39, 0.29) is 24.5 Å². The Balaban J connectivity index is 1.70. The lowest BCUT2D eigenvalue weighted by Gasteiger charge is -2.30. The lowest BCUT2D eigenvalue weighted by atomic mass is 9.85. The van der Waals surface area contributed by atoms with Gasteiger partial charge in [0.25, 0.3) is 0 Å². The van der Waals surface area contributed by atoms with Gasteiger partial charge in [0.15, 0.2) is 0 Å². The highest BCUT2D eigenvalue weighted by Gasteiger charge is 2.25. The zero-order valence-electron chi connectivity index (χ0n) is 12.7. The molecule has 2 unspecified atom stereocenters. The first-order valence-electron chi connectivity index (χ1n) is 7.72. The summed E-state index contributed by atoms with van der Waals surface area (Å²) in [6.45, 7) is 2.26. The molecular weight excluding hydrogens is 282 g/mol. The molecule has 0 bridgehead atoms. The molecule has 0 aliphatic heterocycles. The van der Waals surface area contributed by atoms with Crippen LogP contribution < -0.4 is 5.32 Å². The van der Waals surface area contributed by atoms with E-state index < -0.39 is 0 Å². The molecule has 0 aromatic heterocycles. The highest BCUT2D eigenvalue weighted by molar-refractivity contribution is 7.99. The monoisotopic (exact) mass is 307 g/mol. The van der Waals surface area contributed by atoms with Gasteiger partial charge in [0.1, 0.15) is 0 Å². The molecule has 3 nitrogen and oxygen atoms in total. The molecule has 116 valence electrons. The first kappa shape index (κ1) is 16.4. The van der Waals surface area contributed by atoms with Crippen molar-refractivity contribution in [2.24, 2.45) is 5.92 Å². The van der Waals surface area contributed by atoms with Gasteiger partial charge in [-0.1, -0.05) is 42.7 Å². The number of thioether (sulfide) groups is 1. The zero-order chi connectivity index (χ0) is 15.1. The minimum Gasteiger partial charge on any atom is -0.396 e. The van der Waals surface area contributed by atoms with Crippen LogP contribution in [-0.4, -0.2) is 29.4 Å². The molecule has 1 fully saturated rings. The van der Waals surface area contributed by atoms with Gasteiger partial charge >= 0.3 is 0 Å². The maximum Gasteiger partial charge on any atom is 0.230 e. The van der Waals surface area contributed by atoms with E-state index in [1.54, 1.807) is 11.8 Å². The predicted octanol–water partition coefficient (Wildman–Crippen LogP) is 2.90. The Labute approximate surface area is 131 Å². The summed E-state index contributed by atoms with van der Waals surface area (Å²) >= 11 is 1.64. The Morgan fingerprint density at radius 3 is 2.71 bits per heavy atom. The fourth-order valence-electron chi connectivity index (χ4n) is 2.81. The van der Waals surface area contributed by atoms with Crippen molar-refractivity contribution in [3.8, 4) is 0 Å². The van der Waals surface area contributed by atoms with Gasteiger partial charge in [-0.2, -0.15) is 0 Å². The Morgan fingerprint density at radius 2 is 2.00 bits per heavy atom. The third-order valence-corrected chi connectivity index (χ3v) is 5.12. The van der Waals surface area contributed by atoms with E-state index in [0.29, 0.717) is 5.75 Å². The number of aryl methyl sites for hydroxylation is 1. The molecule has 1 aliphatic rings. The van der Waals surface area contributed by atoms with Crippen molar-refractivity contribution in [3.63, 3.8) is 0 Å². The quantitative estimate of drug-likeness (QED) is 0.849. The smallest absolute Gasteiger partial charge is 0.230 e. The van der Waals surface area contributed by atoms with Gasteiger partial charge in [-0.3, -0.25) is 4.79 Å². The van der Waals surface area contributed by atoms with E-state index in [0.717, 1.165) is 25.0 Å². The van der Waals surface area contributed by atoms with Crippen molar-refractivity contribution in [3.05, 3.63) is 35.4 Å². The molecule has 0 heterocycles. The molecule has 1 aromatic rings. The van der Waals surface area contributed by atoms with Crippen molar-refractivity contribution < 1.29 is 9.90 Å². The molecule has 1 amide bonds. The van der Waals surface area contributed by atoms with Gasteiger partial charge in [-0.05, 0) is 25.3 Å². The molecule has 0 spiro atoms. The molecule has 0 radical (unpaired) electrons. The second-order valence-electron chi connectivity index (χ2n) is 5.88. The predicted molar refractivity (Wildman–Crippen MR) is 88.3 cm³/mol. The Bertz CT molecular complexity index is 447. The first-order chi connectivity index (χ1) is 10.2. The summed E-state index contributed by atoms with van der Waals surface area (Å²) in [5.41, 5.74) is 2.51. The summed E-state index contributed by atoms with van der Waals surface area (Å²) in [6.07, 6.45) is 4.34. The number of amides is 1. The van der Waals surface area contributed by atoms with Crippen molar-refractivity contribution in [1.29, 1.82) is 0 Å². The highest BCUT2D eigenvalue weighted by atomic mass is 32.2. The molecule has 4 heteroatoms. The number of aliphatic hydroxyl groups is 1. The van der Waals surface area contributed by atoms with Crippen LogP contribution in [0.1, 0.15) is 36.8 Å². The summed E-state index contributed by atoms with van der Waals surface area (Å²) in [6, 6.07) is 8.59. The molecule has 1 saturated carbocycles. The van der Waals surface area contributed by atoms with Crippen molar-refractivity contribution >= 4 is 17.7 Å². The van der Waals surface area contributed by atoms with E-state index >= 15 is 0 Å². The molecule has 21 heavy (non-hydrogen) atoms. The van der Waals surface area contributed by atoms with Crippen molar-refractivity contribution in [2.75, 3.05) is 12.4 Å². The van der Waals surface area contributed by atoms with Crippen LogP contribution in [0.5, 0.6) is 0 Å². The van der Waals surface area contributed by atoms with Crippen LogP contribution in [0.4, 0.5) is 0 Å². The van der Waals surface area contributed by atoms with E-state index in [4.69, 9.17) is 0 Å². The van der Waals surface area contributed by atoms with Gasteiger partial charge in [0.05, 0.1) is 5.75 Å². The molecule has 1 aromatic carbocycles. The fraction of sp³-hybridized carbons (Fsp3) is 0.588. The van der Waals surface area contributed by atoms with Crippen molar-refractivity contribution in [2.45, 2.75) is 44.4 Å². The summed E-state index contributed by atoms with van der Waals surface area (Å²) < 4.78 is 0. The minimum atomic E-state index is 0.0949. The van der Waals surface area contributed by atoms with E-state index in [1.807, 2.05) is 0 Å². The van der Waals surface area contributed by atoms with Gasteiger partial charge in [0.2, 0.25) is 5.91 Å². The number of carbonyl (C=O) groups is 1. The minimum absolute atomic E-state index is 0.0949. The van der Waals surface area contributed by atoms with Crippen LogP contribution in [0.25, 0.3) is 0 Å². The molecular formula is C17H25NO2S. The van der Waals surface area contributed by atoms with Crippen LogP contribution in [-0.2, 0) is 10.5 Å².